The smallest absolute Gasteiger partial charge is 0.407 e. The number of rotatable bonds is 3. The number of ether oxygens (including phenoxy) is 1. The largest absolute Gasteiger partial charge is 0.443 e. The molecular formula is C14H20N2O2. The molecule has 4 heteroatoms. The highest BCUT2D eigenvalue weighted by atomic mass is 16.6. The third-order valence-electron chi connectivity index (χ3n) is 3.28. The van der Waals surface area contributed by atoms with Crippen LogP contribution in [0.15, 0.2) is 30.3 Å². The SMILES string of the molecule is CC1(OC(=O)NCc2ccccc2)CCNCC1. The van der Waals surface area contributed by atoms with Gasteiger partial charge in [-0.3, -0.25) is 0 Å². The Labute approximate surface area is 108 Å². The normalized spacial score (nSPS) is 18.1. The maximum Gasteiger partial charge on any atom is 0.407 e. The van der Waals surface area contributed by atoms with E-state index in [0.717, 1.165) is 31.5 Å². The number of carbonyl (C=O) groups is 1. The Hall–Kier alpha value is -1.55. The lowest BCUT2D eigenvalue weighted by Crippen LogP contribution is -2.44. The number of amides is 1. The minimum Gasteiger partial charge on any atom is -0.443 e. The number of hydrogen-bond donors (Lipinski definition) is 2. The van der Waals surface area contributed by atoms with Gasteiger partial charge in [0.15, 0.2) is 0 Å². The van der Waals surface area contributed by atoms with Gasteiger partial charge in [-0.05, 0) is 38.4 Å². The van der Waals surface area contributed by atoms with E-state index in [2.05, 4.69) is 10.6 Å². The zero-order valence-corrected chi connectivity index (χ0v) is 10.7. The van der Waals surface area contributed by atoms with E-state index in [9.17, 15) is 4.79 Å². The number of piperidine rings is 1. The summed E-state index contributed by atoms with van der Waals surface area (Å²) in [7, 11) is 0. The Bertz CT molecular complexity index is 386. The number of alkyl carbamates (subject to hydrolysis) is 1. The number of carbonyl (C=O) groups excluding carboxylic acids is 1. The van der Waals surface area contributed by atoms with Gasteiger partial charge in [0, 0.05) is 6.54 Å². The summed E-state index contributed by atoms with van der Waals surface area (Å²) in [6, 6.07) is 9.82. The molecule has 1 aromatic carbocycles. The third-order valence-corrected chi connectivity index (χ3v) is 3.28. The van der Waals surface area contributed by atoms with Crippen LogP contribution in [0.3, 0.4) is 0 Å². The lowest BCUT2D eigenvalue weighted by atomic mass is 9.95. The van der Waals surface area contributed by atoms with Crippen LogP contribution in [0.2, 0.25) is 0 Å². The van der Waals surface area contributed by atoms with Crippen LogP contribution in [0.5, 0.6) is 0 Å². The summed E-state index contributed by atoms with van der Waals surface area (Å²) in [6.45, 7) is 4.31. The van der Waals surface area contributed by atoms with Gasteiger partial charge in [0.2, 0.25) is 0 Å². The van der Waals surface area contributed by atoms with E-state index < -0.39 is 0 Å². The van der Waals surface area contributed by atoms with Gasteiger partial charge in [0.05, 0.1) is 0 Å². The predicted octanol–water partition coefficient (Wildman–Crippen LogP) is 2.05. The fourth-order valence-corrected chi connectivity index (χ4v) is 2.09. The fraction of sp³-hybridized carbons (Fsp3) is 0.500. The molecule has 0 radical (unpaired) electrons. The van der Waals surface area contributed by atoms with Gasteiger partial charge in [-0.2, -0.15) is 0 Å². The maximum atomic E-state index is 11.7. The second-order valence-electron chi connectivity index (χ2n) is 4.93. The van der Waals surface area contributed by atoms with E-state index in [-0.39, 0.29) is 11.7 Å². The second kappa shape index (κ2) is 5.87. The summed E-state index contributed by atoms with van der Waals surface area (Å²) in [6.07, 6.45) is 1.40. The van der Waals surface area contributed by atoms with Crippen molar-refractivity contribution >= 4 is 6.09 Å². The lowest BCUT2D eigenvalue weighted by Gasteiger charge is -2.33. The highest BCUT2D eigenvalue weighted by molar-refractivity contribution is 5.67. The average Bonchev–Trinajstić information content (AvgIpc) is 2.38. The van der Waals surface area contributed by atoms with Gasteiger partial charge in [-0.15, -0.1) is 0 Å². The molecular weight excluding hydrogens is 228 g/mol. The molecule has 0 aromatic heterocycles. The van der Waals surface area contributed by atoms with Crippen molar-refractivity contribution in [2.24, 2.45) is 0 Å². The van der Waals surface area contributed by atoms with Crippen molar-refractivity contribution in [1.29, 1.82) is 0 Å². The Balaban J connectivity index is 1.78. The van der Waals surface area contributed by atoms with Crippen LogP contribution in [-0.4, -0.2) is 24.8 Å². The summed E-state index contributed by atoms with van der Waals surface area (Å²) in [5, 5.41) is 6.05. The molecule has 1 aliphatic rings. The zero-order valence-electron chi connectivity index (χ0n) is 10.7. The Morgan fingerprint density at radius 1 is 1.33 bits per heavy atom. The molecule has 2 N–H and O–H groups in total. The molecule has 0 atom stereocenters. The minimum atomic E-state index is -0.330. The Morgan fingerprint density at radius 2 is 2.00 bits per heavy atom. The highest BCUT2D eigenvalue weighted by Gasteiger charge is 2.30. The standard InChI is InChI=1S/C14H20N2O2/c1-14(7-9-15-10-8-14)18-13(17)16-11-12-5-3-2-4-6-12/h2-6,15H,7-11H2,1H3,(H,16,17). The van der Waals surface area contributed by atoms with E-state index in [4.69, 9.17) is 4.74 Å². The van der Waals surface area contributed by atoms with Crippen molar-refractivity contribution in [2.45, 2.75) is 31.9 Å². The highest BCUT2D eigenvalue weighted by Crippen LogP contribution is 2.22. The summed E-state index contributed by atoms with van der Waals surface area (Å²) in [5.74, 6) is 0. The van der Waals surface area contributed by atoms with Crippen molar-refractivity contribution in [1.82, 2.24) is 10.6 Å². The monoisotopic (exact) mass is 248 g/mol. The molecule has 1 aliphatic heterocycles. The molecule has 0 saturated carbocycles. The summed E-state index contributed by atoms with van der Waals surface area (Å²) in [5.41, 5.74) is 0.747. The number of benzene rings is 1. The van der Waals surface area contributed by atoms with Crippen LogP contribution >= 0.6 is 0 Å². The van der Waals surface area contributed by atoms with Crippen molar-refractivity contribution in [3.8, 4) is 0 Å². The van der Waals surface area contributed by atoms with Gasteiger partial charge in [0.25, 0.3) is 0 Å². The van der Waals surface area contributed by atoms with Crippen LogP contribution in [0.25, 0.3) is 0 Å². The summed E-state index contributed by atoms with van der Waals surface area (Å²) < 4.78 is 5.51. The van der Waals surface area contributed by atoms with E-state index in [1.165, 1.54) is 0 Å². The topological polar surface area (TPSA) is 50.4 Å². The third kappa shape index (κ3) is 3.74. The van der Waals surface area contributed by atoms with Gasteiger partial charge >= 0.3 is 6.09 Å². The number of nitrogens with one attached hydrogen (secondary N) is 2. The van der Waals surface area contributed by atoms with E-state index >= 15 is 0 Å². The average molecular weight is 248 g/mol. The molecule has 1 saturated heterocycles. The van der Waals surface area contributed by atoms with Crippen molar-refractivity contribution in [3.63, 3.8) is 0 Å². The van der Waals surface area contributed by atoms with Crippen LogP contribution in [0.1, 0.15) is 25.3 Å². The number of hydrogen-bond acceptors (Lipinski definition) is 3. The van der Waals surface area contributed by atoms with Gasteiger partial charge in [-0.1, -0.05) is 30.3 Å². The van der Waals surface area contributed by atoms with Crippen molar-refractivity contribution < 1.29 is 9.53 Å². The van der Waals surface area contributed by atoms with Crippen molar-refractivity contribution in [3.05, 3.63) is 35.9 Å². The molecule has 0 spiro atoms. The molecule has 1 aromatic rings. The molecule has 98 valence electrons. The molecule has 1 fully saturated rings. The maximum absolute atomic E-state index is 11.7. The van der Waals surface area contributed by atoms with Gasteiger partial charge in [-0.25, -0.2) is 4.79 Å². The Morgan fingerprint density at radius 3 is 2.67 bits per heavy atom. The first-order valence-corrected chi connectivity index (χ1v) is 6.39. The minimum absolute atomic E-state index is 0.327. The van der Waals surface area contributed by atoms with Crippen molar-refractivity contribution in [2.75, 3.05) is 13.1 Å². The molecule has 1 heterocycles. The summed E-state index contributed by atoms with van der Waals surface area (Å²) in [4.78, 5) is 11.7. The van der Waals surface area contributed by atoms with E-state index in [1.54, 1.807) is 0 Å². The molecule has 0 aliphatic carbocycles. The molecule has 2 rings (SSSR count). The van der Waals surface area contributed by atoms with Gasteiger partial charge < -0.3 is 15.4 Å². The molecule has 1 amide bonds. The van der Waals surface area contributed by atoms with Crippen LogP contribution in [0.4, 0.5) is 4.79 Å². The molecule has 18 heavy (non-hydrogen) atoms. The van der Waals surface area contributed by atoms with E-state index in [0.29, 0.717) is 6.54 Å². The quantitative estimate of drug-likeness (QED) is 0.860. The fourth-order valence-electron chi connectivity index (χ4n) is 2.09. The van der Waals surface area contributed by atoms with E-state index in [1.807, 2.05) is 37.3 Å². The second-order valence-corrected chi connectivity index (χ2v) is 4.93. The van der Waals surface area contributed by atoms with Crippen LogP contribution in [-0.2, 0) is 11.3 Å². The predicted molar refractivity (Wildman–Crippen MR) is 70.3 cm³/mol. The first-order valence-electron chi connectivity index (χ1n) is 6.39. The zero-order chi connectivity index (χ0) is 12.8. The summed E-state index contributed by atoms with van der Waals surface area (Å²) >= 11 is 0. The first kappa shape index (κ1) is 12.9. The lowest BCUT2D eigenvalue weighted by molar-refractivity contribution is 0.00274. The van der Waals surface area contributed by atoms with Crippen LogP contribution in [0, 0.1) is 0 Å². The molecule has 4 nitrogen and oxygen atoms in total. The van der Waals surface area contributed by atoms with Gasteiger partial charge in [0.1, 0.15) is 5.60 Å². The first-order chi connectivity index (χ1) is 8.68. The van der Waals surface area contributed by atoms with Crippen LogP contribution < -0.4 is 10.6 Å². The molecule has 0 bridgehead atoms. The molecule has 0 unspecified atom stereocenters. The Kier molecular flexibility index (Phi) is 4.20.